The van der Waals surface area contributed by atoms with Crippen LogP contribution in [0.25, 0.3) is 10.8 Å². The van der Waals surface area contributed by atoms with Crippen LogP contribution < -0.4 is 5.73 Å². The molecule has 0 unspecified atom stereocenters. The number of Topliss-reactive ketones (excluding diaryl/α,β-unsaturated/α-hetero) is 1. The molecule has 31 heavy (non-hydrogen) atoms. The highest BCUT2D eigenvalue weighted by Crippen LogP contribution is 2.29. The Kier molecular flexibility index (Phi) is 5.61. The Morgan fingerprint density at radius 1 is 1.03 bits per heavy atom. The van der Waals surface area contributed by atoms with Gasteiger partial charge in [0.05, 0.1) is 22.1 Å². The number of benzene rings is 3. The summed E-state index contributed by atoms with van der Waals surface area (Å²) in [4.78, 5) is 50.8. The zero-order chi connectivity index (χ0) is 22.1. The minimum absolute atomic E-state index is 0.156. The second-order valence-corrected chi connectivity index (χ2v) is 8.04. The lowest BCUT2D eigenvalue weighted by Crippen LogP contribution is -2.31. The SMILES string of the molecule is Nc1c(C=O)c(C(=O)[C@@H](S)CCCN2C(=O)c3ccccc3C2=O)cc2ccccc12. The van der Waals surface area contributed by atoms with E-state index in [9.17, 15) is 19.2 Å². The molecule has 0 saturated heterocycles. The van der Waals surface area contributed by atoms with E-state index in [0.717, 1.165) is 5.39 Å². The van der Waals surface area contributed by atoms with Crippen molar-refractivity contribution in [1.29, 1.82) is 0 Å². The minimum atomic E-state index is -0.700. The van der Waals surface area contributed by atoms with Crippen LogP contribution in [0.4, 0.5) is 5.69 Å². The number of thiol groups is 1. The van der Waals surface area contributed by atoms with Gasteiger partial charge in [-0.05, 0) is 36.4 Å². The maximum Gasteiger partial charge on any atom is 0.261 e. The maximum absolute atomic E-state index is 13.0. The third kappa shape index (κ3) is 3.61. The standard InChI is InChI=1S/C24H20N2O4S/c25-21-15-7-2-1-6-14(15)12-18(19(21)13-27)22(28)20(31)10-5-11-26-23(29)16-8-3-4-9-17(16)24(26)30/h1-4,6-9,12-13,20,31H,5,10-11,25H2/t20-/m0/s1. The van der Waals surface area contributed by atoms with Gasteiger partial charge in [0, 0.05) is 23.1 Å². The van der Waals surface area contributed by atoms with Gasteiger partial charge in [-0.1, -0.05) is 36.4 Å². The van der Waals surface area contributed by atoms with E-state index in [1.54, 1.807) is 36.4 Å². The molecule has 2 amide bonds. The fourth-order valence-electron chi connectivity index (χ4n) is 3.92. The number of hydrogen-bond acceptors (Lipinski definition) is 6. The summed E-state index contributed by atoms with van der Waals surface area (Å²) in [5.74, 6) is -0.966. The molecule has 0 aliphatic carbocycles. The molecule has 4 rings (SSSR count). The third-order valence-electron chi connectivity index (χ3n) is 5.55. The summed E-state index contributed by atoms with van der Waals surface area (Å²) in [6, 6.07) is 15.6. The van der Waals surface area contributed by atoms with Gasteiger partial charge >= 0.3 is 0 Å². The fourth-order valence-corrected chi connectivity index (χ4v) is 4.24. The van der Waals surface area contributed by atoms with Gasteiger partial charge in [-0.3, -0.25) is 24.1 Å². The summed E-state index contributed by atoms with van der Waals surface area (Å²) in [5.41, 5.74) is 7.58. The van der Waals surface area contributed by atoms with Crippen LogP contribution in [0.2, 0.25) is 0 Å². The van der Waals surface area contributed by atoms with Gasteiger partial charge in [0.15, 0.2) is 12.1 Å². The maximum atomic E-state index is 13.0. The molecule has 0 fully saturated rings. The average Bonchev–Trinajstić information content (AvgIpc) is 3.03. The molecule has 1 aliphatic rings. The molecule has 2 N–H and O–H groups in total. The molecule has 0 spiro atoms. The molecule has 0 saturated carbocycles. The van der Waals surface area contributed by atoms with Crippen molar-refractivity contribution in [3.8, 4) is 0 Å². The molecule has 1 aliphatic heterocycles. The number of anilines is 1. The Balaban J connectivity index is 1.47. The highest BCUT2D eigenvalue weighted by Gasteiger charge is 2.34. The van der Waals surface area contributed by atoms with Gasteiger partial charge in [-0.15, -0.1) is 0 Å². The zero-order valence-electron chi connectivity index (χ0n) is 16.6. The lowest BCUT2D eigenvalue weighted by Gasteiger charge is -2.17. The highest BCUT2D eigenvalue weighted by molar-refractivity contribution is 7.81. The van der Waals surface area contributed by atoms with E-state index >= 15 is 0 Å². The van der Waals surface area contributed by atoms with Crippen LogP contribution in [-0.2, 0) is 0 Å². The number of imide groups is 1. The largest absolute Gasteiger partial charge is 0.398 e. The van der Waals surface area contributed by atoms with Crippen LogP contribution >= 0.6 is 12.6 Å². The first-order chi connectivity index (χ1) is 14.9. The number of rotatable bonds is 7. The summed E-state index contributed by atoms with van der Waals surface area (Å²) in [6.45, 7) is 0.192. The number of nitrogen functional groups attached to an aromatic ring is 1. The van der Waals surface area contributed by atoms with Crippen molar-refractivity contribution in [2.24, 2.45) is 0 Å². The normalized spacial score (nSPS) is 14.0. The summed E-state index contributed by atoms with van der Waals surface area (Å²) in [6.07, 6.45) is 1.33. The second-order valence-electron chi connectivity index (χ2n) is 7.42. The molecule has 0 radical (unpaired) electrons. The van der Waals surface area contributed by atoms with E-state index < -0.39 is 5.25 Å². The number of carbonyl (C=O) groups is 4. The number of fused-ring (bicyclic) bond motifs is 2. The van der Waals surface area contributed by atoms with Gasteiger partial charge in [0.25, 0.3) is 11.8 Å². The molecule has 3 aromatic carbocycles. The Labute approximate surface area is 184 Å². The quantitative estimate of drug-likeness (QED) is 0.195. The Bertz CT molecular complexity index is 1200. The molecule has 1 heterocycles. The molecule has 7 heteroatoms. The number of amides is 2. The fraction of sp³-hybridized carbons (Fsp3) is 0.167. The Morgan fingerprint density at radius 3 is 2.29 bits per heavy atom. The van der Waals surface area contributed by atoms with E-state index in [4.69, 9.17) is 5.73 Å². The number of aldehydes is 1. The van der Waals surface area contributed by atoms with Crippen molar-refractivity contribution < 1.29 is 19.2 Å². The Hall–Kier alpha value is -3.45. The summed E-state index contributed by atoms with van der Waals surface area (Å²) in [7, 11) is 0. The summed E-state index contributed by atoms with van der Waals surface area (Å²) >= 11 is 4.43. The highest BCUT2D eigenvalue weighted by atomic mass is 32.1. The molecule has 0 aromatic heterocycles. The topological polar surface area (TPSA) is 97.5 Å². The lowest BCUT2D eigenvalue weighted by atomic mass is 9.94. The van der Waals surface area contributed by atoms with Crippen LogP contribution in [-0.4, -0.2) is 40.6 Å². The third-order valence-corrected chi connectivity index (χ3v) is 6.05. The predicted octanol–water partition coefficient (Wildman–Crippen LogP) is 3.79. The van der Waals surface area contributed by atoms with Gasteiger partial charge in [-0.25, -0.2) is 0 Å². The van der Waals surface area contributed by atoms with Crippen LogP contribution in [0.5, 0.6) is 0 Å². The monoisotopic (exact) mass is 432 g/mol. The number of carbonyl (C=O) groups excluding carboxylic acids is 4. The van der Waals surface area contributed by atoms with E-state index in [-0.39, 0.29) is 41.0 Å². The summed E-state index contributed by atoms with van der Waals surface area (Å²) in [5, 5.41) is 0.775. The molecular formula is C24H20N2O4S. The number of hydrogen-bond donors (Lipinski definition) is 2. The first-order valence-corrected chi connectivity index (χ1v) is 10.4. The van der Waals surface area contributed by atoms with Crippen molar-refractivity contribution >= 4 is 53.0 Å². The first-order valence-electron chi connectivity index (χ1n) is 9.88. The van der Waals surface area contributed by atoms with Crippen LogP contribution in [0.3, 0.4) is 0 Å². The van der Waals surface area contributed by atoms with Crippen molar-refractivity contribution in [3.63, 3.8) is 0 Å². The molecule has 1 atom stereocenters. The molecule has 3 aromatic rings. The van der Waals surface area contributed by atoms with Crippen LogP contribution in [0.15, 0.2) is 54.6 Å². The number of nitrogens with zero attached hydrogens (tertiary/aromatic N) is 1. The van der Waals surface area contributed by atoms with Crippen molar-refractivity contribution in [1.82, 2.24) is 4.90 Å². The molecule has 0 bridgehead atoms. The van der Waals surface area contributed by atoms with E-state index in [0.29, 0.717) is 35.6 Å². The number of ketones is 1. The van der Waals surface area contributed by atoms with Gasteiger partial charge in [0.1, 0.15) is 0 Å². The molecule has 156 valence electrons. The van der Waals surface area contributed by atoms with Crippen LogP contribution in [0, 0.1) is 0 Å². The predicted molar refractivity (Wildman–Crippen MR) is 122 cm³/mol. The number of nitrogens with two attached hydrogens (primary N) is 1. The van der Waals surface area contributed by atoms with Crippen molar-refractivity contribution in [2.75, 3.05) is 12.3 Å². The van der Waals surface area contributed by atoms with Crippen molar-refractivity contribution in [2.45, 2.75) is 18.1 Å². The second kappa shape index (κ2) is 8.35. The Morgan fingerprint density at radius 2 is 1.65 bits per heavy atom. The minimum Gasteiger partial charge on any atom is -0.398 e. The van der Waals surface area contributed by atoms with E-state index in [1.165, 1.54) is 4.90 Å². The van der Waals surface area contributed by atoms with Gasteiger partial charge in [0.2, 0.25) is 0 Å². The average molecular weight is 433 g/mol. The lowest BCUT2D eigenvalue weighted by molar-refractivity contribution is 0.0651. The molecule has 6 nitrogen and oxygen atoms in total. The van der Waals surface area contributed by atoms with Crippen LogP contribution in [0.1, 0.15) is 54.3 Å². The van der Waals surface area contributed by atoms with Crippen molar-refractivity contribution in [3.05, 3.63) is 76.9 Å². The van der Waals surface area contributed by atoms with E-state index in [1.807, 2.05) is 18.2 Å². The summed E-state index contributed by atoms with van der Waals surface area (Å²) < 4.78 is 0. The van der Waals surface area contributed by atoms with Gasteiger partial charge < -0.3 is 5.73 Å². The molecular weight excluding hydrogens is 412 g/mol. The van der Waals surface area contributed by atoms with Gasteiger partial charge in [-0.2, -0.15) is 12.6 Å². The van der Waals surface area contributed by atoms with E-state index in [2.05, 4.69) is 12.6 Å². The smallest absolute Gasteiger partial charge is 0.261 e. The zero-order valence-corrected chi connectivity index (χ0v) is 17.5. The first kappa shape index (κ1) is 20.8.